The molecule has 1 fully saturated rings. The van der Waals surface area contributed by atoms with Crippen LogP contribution in [0.2, 0.25) is 0 Å². The van der Waals surface area contributed by atoms with Crippen LogP contribution in [0.25, 0.3) is 10.8 Å². The molecule has 0 bridgehead atoms. The second kappa shape index (κ2) is 6.10. The van der Waals surface area contributed by atoms with Crippen molar-refractivity contribution < 1.29 is 9.53 Å². The second-order valence-corrected chi connectivity index (χ2v) is 5.15. The van der Waals surface area contributed by atoms with Gasteiger partial charge in [-0.2, -0.15) is 0 Å². The summed E-state index contributed by atoms with van der Waals surface area (Å²) >= 11 is 0. The maximum Gasteiger partial charge on any atom is 0.337 e. The van der Waals surface area contributed by atoms with Crippen molar-refractivity contribution >= 4 is 22.6 Å². The molecule has 0 spiro atoms. The first-order chi connectivity index (χ1) is 10.3. The molecule has 0 saturated carbocycles. The van der Waals surface area contributed by atoms with Crippen molar-refractivity contribution in [2.45, 2.75) is 6.42 Å². The number of methoxy groups -OCH3 is 1. The normalized spacial score (nSPS) is 15.8. The number of hydrogen-bond donors (Lipinski definition) is 1. The molecule has 1 N–H and O–H groups in total. The van der Waals surface area contributed by atoms with Crippen LogP contribution in [-0.2, 0) is 4.74 Å². The minimum atomic E-state index is -0.311. The predicted octanol–water partition coefficient (Wildman–Crippen LogP) is 1.82. The van der Waals surface area contributed by atoms with Crippen molar-refractivity contribution in [1.82, 2.24) is 10.3 Å². The van der Waals surface area contributed by atoms with Crippen molar-refractivity contribution in [3.8, 4) is 0 Å². The molecule has 0 aliphatic carbocycles. The van der Waals surface area contributed by atoms with E-state index in [1.165, 1.54) is 7.11 Å². The van der Waals surface area contributed by atoms with Gasteiger partial charge in [0.05, 0.1) is 12.7 Å². The van der Waals surface area contributed by atoms with Crippen LogP contribution in [0.5, 0.6) is 0 Å². The molecule has 1 aromatic carbocycles. The Labute approximate surface area is 123 Å². The Kier molecular flexibility index (Phi) is 4.01. The lowest BCUT2D eigenvalue weighted by molar-refractivity contribution is 0.0601. The van der Waals surface area contributed by atoms with E-state index in [1.54, 1.807) is 12.3 Å². The van der Waals surface area contributed by atoms with E-state index >= 15 is 0 Å². The van der Waals surface area contributed by atoms with Gasteiger partial charge in [0, 0.05) is 31.2 Å². The molecule has 1 aliphatic rings. The molecule has 0 unspecified atom stereocenters. The van der Waals surface area contributed by atoms with Gasteiger partial charge in [-0.1, -0.05) is 0 Å². The van der Waals surface area contributed by atoms with Crippen LogP contribution in [0, 0.1) is 0 Å². The fraction of sp³-hybridized carbons (Fsp3) is 0.375. The van der Waals surface area contributed by atoms with E-state index in [1.807, 2.05) is 18.2 Å². The van der Waals surface area contributed by atoms with Gasteiger partial charge in [0.2, 0.25) is 0 Å². The maximum atomic E-state index is 11.6. The molecule has 0 radical (unpaired) electrons. The number of esters is 1. The number of ether oxygens (including phenoxy) is 1. The third-order valence-electron chi connectivity index (χ3n) is 3.80. The van der Waals surface area contributed by atoms with Crippen LogP contribution in [0.1, 0.15) is 16.8 Å². The molecule has 3 rings (SSSR count). The number of anilines is 1. The highest BCUT2D eigenvalue weighted by Gasteiger charge is 2.14. The molecule has 1 aliphatic heterocycles. The molecular weight excluding hydrogens is 266 g/mol. The average Bonchev–Trinajstić information content (AvgIpc) is 2.82. The standard InChI is InChI=1S/C16H19N3O2/c1-21-16(20)13-3-4-14-12(11-13)5-7-18-15(14)19-9-2-6-17-8-10-19/h3-5,7,11,17H,2,6,8-10H2,1H3. The molecule has 0 amide bonds. The molecule has 110 valence electrons. The molecule has 2 heterocycles. The summed E-state index contributed by atoms with van der Waals surface area (Å²) in [5.74, 6) is 0.682. The fourth-order valence-corrected chi connectivity index (χ4v) is 2.72. The molecular formula is C16H19N3O2. The Morgan fingerprint density at radius 3 is 3.05 bits per heavy atom. The van der Waals surface area contributed by atoms with Crippen molar-refractivity contribution in [2.24, 2.45) is 0 Å². The SMILES string of the molecule is COC(=O)c1ccc2c(N3CCCNCC3)nccc2c1. The van der Waals surface area contributed by atoms with Gasteiger partial charge >= 0.3 is 5.97 Å². The fourth-order valence-electron chi connectivity index (χ4n) is 2.72. The largest absolute Gasteiger partial charge is 0.465 e. The monoisotopic (exact) mass is 285 g/mol. The van der Waals surface area contributed by atoms with Gasteiger partial charge in [-0.3, -0.25) is 0 Å². The van der Waals surface area contributed by atoms with Gasteiger partial charge in [0.15, 0.2) is 0 Å². The number of carbonyl (C=O) groups excluding carboxylic acids is 1. The lowest BCUT2D eigenvalue weighted by atomic mass is 10.1. The van der Waals surface area contributed by atoms with E-state index in [4.69, 9.17) is 4.74 Å². The quantitative estimate of drug-likeness (QED) is 0.853. The van der Waals surface area contributed by atoms with Gasteiger partial charge in [0.1, 0.15) is 5.82 Å². The summed E-state index contributed by atoms with van der Waals surface area (Å²) in [4.78, 5) is 18.5. The Hall–Kier alpha value is -2.14. The summed E-state index contributed by atoms with van der Waals surface area (Å²) < 4.78 is 4.78. The molecule has 1 saturated heterocycles. The summed E-state index contributed by atoms with van der Waals surface area (Å²) in [6.07, 6.45) is 2.91. The summed E-state index contributed by atoms with van der Waals surface area (Å²) in [7, 11) is 1.40. The number of fused-ring (bicyclic) bond motifs is 1. The number of rotatable bonds is 2. The van der Waals surface area contributed by atoms with Gasteiger partial charge in [-0.25, -0.2) is 9.78 Å². The van der Waals surface area contributed by atoms with E-state index in [0.717, 1.165) is 49.2 Å². The molecule has 2 aromatic rings. The average molecular weight is 285 g/mol. The van der Waals surface area contributed by atoms with Gasteiger partial charge in [0.25, 0.3) is 0 Å². The first-order valence-corrected chi connectivity index (χ1v) is 7.22. The van der Waals surface area contributed by atoms with Gasteiger partial charge in [-0.15, -0.1) is 0 Å². The lowest BCUT2D eigenvalue weighted by Crippen LogP contribution is -2.28. The summed E-state index contributed by atoms with van der Waals surface area (Å²) in [5.41, 5.74) is 0.569. The summed E-state index contributed by atoms with van der Waals surface area (Å²) in [6, 6.07) is 7.56. The van der Waals surface area contributed by atoms with Crippen LogP contribution in [0.15, 0.2) is 30.5 Å². The lowest BCUT2D eigenvalue weighted by Gasteiger charge is -2.22. The van der Waals surface area contributed by atoms with Crippen LogP contribution in [-0.4, -0.2) is 44.2 Å². The predicted molar refractivity (Wildman–Crippen MR) is 82.8 cm³/mol. The third-order valence-corrected chi connectivity index (χ3v) is 3.80. The van der Waals surface area contributed by atoms with E-state index in [9.17, 15) is 4.79 Å². The van der Waals surface area contributed by atoms with Gasteiger partial charge < -0.3 is 15.0 Å². The highest BCUT2D eigenvalue weighted by molar-refractivity contribution is 5.98. The van der Waals surface area contributed by atoms with Crippen molar-refractivity contribution in [2.75, 3.05) is 38.2 Å². The van der Waals surface area contributed by atoms with Crippen molar-refractivity contribution in [3.63, 3.8) is 0 Å². The first-order valence-electron chi connectivity index (χ1n) is 7.22. The van der Waals surface area contributed by atoms with Crippen molar-refractivity contribution in [3.05, 3.63) is 36.0 Å². The van der Waals surface area contributed by atoms with E-state index < -0.39 is 0 Å². The number of hydrogen-bond acceptors (Lipinski definition) is 5. The molecule has 5 heteroatoms. The summed E-state index contributed by atoms with van der Waals surface area (Å²) in [5, 5.41) is 5.49. The molecule has 0 atom stereocenters. The van der Waals surface area contributed by atoms with E-state index in [2.05, 4.69) is 15.2 Å². The van der Waals surface area contributed by atoms with Crippen molar-refractivity contribution in [1.29, 1.82) is 0 Å². The minimum Gasteiger partial charge on any atom is -0.465 e. The number of aromatic nitrogens is 1. The van der Waals surface area contributed by atoms with Gasteiger partial charge in [-0.05, 0) is 42.6 Å². The highest BCUT2D eigenvalue weighted by atomic mass is 16.5. The third kappa shape index (κ3) is 2.83. The Bertz CT molecular complexity index is 649. The zero-order valence-corrected chi connectivity index (χ0v) is 12.1. The Morgan fingerprint density at radius 2 is 2.19 bits per heavy atom. The second-order valence-electron chi connectivity index (χ2n) is 5.15. The first kappa shape index (κ1) is 13.8. The van der Waals surface area contributed by atoms with Crippen LogP contribution in [0.4, 0.5) is 5.82 Å². The highest BCUT2D eigenvalue weighted by Crippen LogP contribution is 2.26. The number of nitrogens with one attached hydrogen (secondary N) is 1. The number of benzene rings is 1. The number of pyridine rings is 1. The topological polar surface area (TPSA) is 54.5 Å². The van der Waals surface area contributed by atoms with Crippen LogP contribution >= 0.6 is 0 Å². The molecule has 21 heavy (non-hydrogen) atoms. The zero-order chi connectivity index (χ0) is 14.7. The van der Waals surface area contributed by atoms with E-state index in [-0.39, 0.29) is 5.97 Å². The maximum absolute atomic E-state index is 11.6. The summed E-state index contributed by atoms with van der Waals surface area (Å²) in [6.45, 7) is 3.97. The Balaban J connectivity index is 2.01. The number of nitrogens with zero attached hydrogens (tertiary/aromatic N) is 2. The van der Waals surface area contributed by atoms with Crippen LogP contribution < -0.4 is 10.2 Å². The number of carbonyl (C=O) groups is 1. The molecule has 5 nitrogen and oxygen atoms in total. The Morgan fingerprint density at radius 1 is 1.29 bits per heavy atom. The smallest absolute Gasteiger partial charge is 0.337 e. The minimum absolute atomic E-state index is 0.311. The zero-order valence-electron chi connectivity index (χ0n) is 12.1. The molecule has 1 aromatic heterocycles. The van der Waals surface area contributed by atoms with Crippen LogP contribution in [0.3, 0.4) is 0 Å². The van der Waals surface area contributed by atoms with E-state index in [0.29, 0.717) is 5.56 Å².